The van der Waals surface area contributed by atoms with E-state index in [1.165, 1.54) is 19.3 Å². The highest BCUT2D eigenvalue weighted by atomic mass is 16.2. The van der Waals surface area contributed by atoms with Crippen LogP contribution in [0.15, 0.2) is 0 Å². The maximum atomic E-state index is 11.6. The fourth-order valence-electron chi connectivity index (χ4n) is 2.18. The zero-order valence-corrected chi connectivity index (χ0v) is 10.1. The SMILES string of the molecule is CC1CCCC1CNC(=O)[C@@H](N)C(C)C. The molecule has 3 atom stereocenters. The third kappa shape index (κ3) is 3.49. The van der Waals surface area contributed by atoms with Crippen molar-refractivity contribution in [2.45, 2.75) is 46.1 Å². The first kappa shape index (κ1) is 12.5. The zero-order chi connectivity index (χ0) is 11.4. The van der Waals surface area contributed by atoms with Crippen LogP contribution in [0, 0.1) is 17.8 Å². The molecule has 15 heavy (non-hydrogen) atoms. The molecule has 0 bridgehead atoms. The van der Waals surface area contributed by atoms with Crippen LogP contribution in [0.2, 0.25) is 0 Å². The lowest BCUT2D eigenvalue weighted by Gasteiger charge is -2.19. The van der Waals surface area contributed by atoms with Gasteiger partial charge in [-0.15, -0.1) is 0 Å². The highest BCUT2D eigenvalue weighted by Gasteiger charge is 2.24. The molecule has 0 saturated heterocycles. The monoisotopic (exact) mass is 212 g/mol. The number of carbonyl (C=O) groups excluding carboxylic acids is 1. The predicted octanol–water partition coefficient (Wildman–Crippen LogP) is 1.52. The fraction of sp³-hybridized carbons (Fsp3) is 0.917. The van der Waals surface area contributed by atoms with Gasteiger partial charge in [0.05, 0.1) is 6.04 Å². The second-order valence-corrected chi connectivity index (χ2v) is 5.18. The van der Waals surface area contributed by atoms with Crippen molar-refractivity contribution in [1.29, 1.82) is 0 Å². The van der Waals surface area contributed by atoms with Crippen LogP contribution < -0.4 is 11.1 Å². The molecule has 1 rings (SSSR count). The lowest BCUT2D eigenvalue weighted by atomic mass is 9.97. The van der Waals surface area contributed by atoms with Gasteiger partial charge in [0, 0.05) is 6.54 Å². The molecule has 0 aromatic rings. The van der Waals surface area contributed by atoms with Crippen LogP contribution in [0.3, 0.4) is 0 Å². The van der Waals surface area contributed by atoms with E-state index in [0.717, 1.165) is 12.5 Å². The summed E-state index contributed by atoms with van der Waals surface area (Å²) < 4.78 is 0. The minimum Gasteiger partial charge on any atom is -0.354 e. The first-order valence-electron chi connectivity index (χ1n) is 6.05. The van der Waals surface area contributed by atoms with E-state index >= 15 is 0 Å². The average Bonchev–Trinajstić information content (AvgIpc) is 2.59. The molecular weight excluding hydrogens is 188 g/mol. The van der Waals surface area contributed by atoms with Crippen LogP contribution >= 0.6 is 0 Å². The maximum Gasteiger partial charge on any atom is 0.237 e. The molecule has 0 aromatic carbocycles. The van der Waals surface area contributed by atoms with Gasteiger partial charge < -0.3 is 11.1 Å². The molecule has 0 spiro atoms. The van der Waals surface area contributed by atoms with Crippen molar-refractivity contribution in [3.63, 3.8) is 0 Å². The van der Waals surface area contributed by atoms with Crippen LogP contribution in [0.25, 0.3) is 0 Å². The van der Waals surface area contributed by atoms with Gasteiger partial charge in [0.2, 0.25) is 5.91 Å². The molecule has 0 heterocycles. The van der Waals surface area contributed by atoms with Gasteiger partial charge in [0.1, 0.15) is 0 Å². The van der Waals surface area contributed by atoms with Crippen LogP contribution in [0.4, 0.5) is 0 Å². The van der Waals surface area contributed by atoms with Crippen LogP contribution in [-0.2, 0) is 4.79 Å². The number of nitrogens with two attached hydrogens (primary N) is 1. The largest absolute Gasteiger partial charge is 0.354 e. The summed E-state index contributed by atoms with van der Waals surface area (Å²) in [5.41, 5.74) is 5.77. The first-order valence-corrected chi connectivity index (χ1v) is 6.05. The smallest absolute Gasteiger partial charge is 0.237 e. The van der Waals surface area contributed by atoms with E-state index in [4.69, 9.17) is 5.73 Å². The Hall–Kier alpha value is -0.570. The molecule has 3 N–H and O–H groups in total. The minimum atomic E-state index is -0.360. The minimum absolute atomic E-state index is 0.00380. The molecular formula is C12H24N2O. The van der Waals surface area contributed by atoms with E-state index in [-0.39, 0.29) is 17.9 Å². The zero-order valence-electron chi connectivity index (χ0n) is 10.1. The normalized spacial score (nSPS) is 28.1. The highest BCUT2D eigenvalue weighted by molar-refractivity contribution is 5.81. The van der Waals surface area contributed by atoms with E-state index in [1.807, 2.05) is 13.8 Å². The molecule has 2 unspecified atom stereocenters. The second kappa shape index (κ2) is 5.50. The van der Waals surface area contributed by atoms with Crippen molar-refractivity contribution in [2.75, 3.05) is 6.54 Å². The third-order valence-corrected chi connectivity index (χ3v) is 3.60. The summed E-state index contributed by atoms with van der Waals surface area (Å²) in [5.74, 6) is 1.63. The predicted molar refractivity (Wildman–Crippen MR) is 62.3 cm³/mol. The van der Waals surface area contributed by atoms with Crippen LogP contribution in [0.1, 0.15) is 40.0 Å². The van der Waals surface area contributed by atoms with Crippen molar-refractivity contribution in [2.24, 2.45) is 23.5 Å². The number of hydrogen-bond donors (Lipinski definition) is 2. The van der Waals surface area contributed by atoms with Gasteiger partial charge >= 0.3 is 0 Å². The molecule has 88 valence electrons. The van der Waals surface area contributed by atoms with Gasteiger partial charge in [-0.25, -0.2) is 0 Å². The van der Waals surface area contributed by atoms with Gasteiger partial charge in [-0.05, 0) is 24.2 Å². The first-order chi connectivity index (χ1) is 7.02. The van der Waals surface area contributed by atoms with Gasteiger partial charge in [0.15, 0.2) is 0 Å². The maximum absolute atomic E-state index is 11.6. The van der Waals surface area contributed by atoms with Crippen molar-refractivity contribution in [3.8, 4) is 0 Å². The van der Waals surface area contributed by atoms with E-state index in [1.54, 1.807) is 0 Å². The standard InChI is InChI=1S/C12H24N2O/c1-8(2)11(13)12(15)14-7-10-6-4-5-9(10)3/h8-11H,4-7,13H2,1-3H3,(H,14,15)/t9?,10?,11-/m0/s1. The lowest BCUT2D eigenvalue weighted by molar-refractivity contribution is -0.123. The average molecular weight is 212 g/mol. The number of amides is 1. The number of rotatable bonds is 4. The second-order valence-electron chi connectivity index (χ2n) is 5.18. The van der Waals surface area contributed by atoms with Crippen molar-refractivity contribution in [3.05, 3.63) is 0 Å². The number of hydrogen-bond acceptors (Lipinski definition) is 2. The summed E-state index contributed by atoms with van der Waals surface area (Å²) in [4.78, 5) is 11.6. The summed E-state index contributed by atoms with van der Waals surface area (Å²) in [7, 11) is 0. The topological polar surface area (TPSA) is 55.1 Å². The van der Waals surface area contributed by atoms with Crippen LogP contribution in [-0.4, -0.2) is 18.5 Å². The van der Waals surface area contributed by atoms with Crippen LogP contribution in [0.5, 0.6) is 0 Å². The van der Waals surface area contributed by atoms with E-state index in [2.05, 4.69) is 12.2 Å². The molecule has 1 saturated carbocycles. The van der Waals surface area contributed by atoms with Gasteiger partial charge in [-0.2, -0.15) is 0 Å². The Bertz CT molecular complexity index is 216. The molecule has 1 aliphatic rings. The molecule has 0 radical (unpaired) electrons. The molecule has 1 aliphatic carbocycles. The summed E-state index contributed by atoms with van der Waals surface area (Å²) in [6.07, 6.45) is 3.85. The van der Waals surface area contributed by atoms with Gasteiger partial charge in [-0.3, -0.25) is 4.79 Å². The molecule has 3 nitrogen and oxygen atoms in total. The van der Waals surface area contributed by atoms with E-state index in [9.17, 15) is 4.79 Å². The third-order valence-electron chi connectivity index (χ3n) is 3.60. The van der Waals surface area contributed by atoms with Crippen molar-refractivity contribution < 1.29 is 4.79 Å². The highest BCUT2D eigenvalue weighted by Crippen LogP contribution is 2.30. The Morgan fingerprint density at radius 2 is 2.13 bits per heavy atom. The molecule has 3 heteroatoms. The summed E-state index contributed by atoms with van der Waals surface area (Å²) in [6.45, 7) is 7.03. The Balaban J connectivity index is 2.27. The quantitative estimate of drug-likeness (QED) is 0.742. The number of carbonyl (C=O) groups is 1. The van der Waals surface area contributed by atoms with Gasteiger partial charge in [0.25, 0.3) is 0 Å². The lowest BCUT2D eigenvalue weighted by Crippen LogP contribution is -2.45. The van der Waals surface area contributed by atoms with E-state index in [0.29, 0.717) is 5.92 Å². The molecule has 0 aromatic heterocycles. The van der Waals surface area contributed by atoms with Crippen molar-refractivity contribution >= 4 is 5.91 Å². The molecule has 1 amide bonds. The number of nitrogens with one attached hydrogen (secondary N) is 1. The van der Waals surface area contributed by atoms with Crippen molar-refractivity contribution in [1.82, 2.24) is 5.32 Å². The fourth-order valence-corrected chi connectivity index (χ4v) is 2.18. The Labute approximate surface area is 92.8 Å². The van der Waals surface area contributed by atoms with Gasteiger partial charge in [-0.1, -0.05) is 33.6 Å². The Morgan fingerprint density at radius 3 is 2.60 bits per heavy atom. The molecule has 1 fully saturated rings. The Kier molecular flexibility index (Phi) is 4.58. The van der Waals surface area contributed by atoms with E-state index < -0.39 is 0 Å². The molecule has 0 aliphatic heterocycles. The summed E-state index contributed by atoms with van der Waals surface area (Å²) >= 11 is 0. The summed E-state index contributed by atoms with van der Waals surface area (Å²) in [5, 5.41) is 2.97. The Morgan fingerprint density at radius 1 is 1.47 bits per heavy atom. The summed E-state index contributed by atoms with van der Waals surface area (Å²) in [6, 6.07) is -0.360.